The summed E-state index contributed by atoms with van der Waals surface area (Å²) in [5, 5.41) is 2.98. The highest BCUT2D eigenvalue weighted by molar-refractivity contribution is 5.94. The molecule has 1 saturated carbocycles. The zero-order valence-electron chi connectivity index (χ0n) is 11.1. The zero-order chi connectivity index (χ0) is 13.2. The molecule has 3 N–H and O–H groups in total. The minimum atomic E-state index is -0.386. The molecule has 4 heteroatoms. The van der Waals surface area contributed by atoms with Crippen LogP contribution in [0.5, 0.6) is 0 Å². The van der Waals surface area contributed by atoms with E-state index in [1.54, 1.807) is 12.4 Å². The summed E-state index contributed by atoms with van der Waals surface area (Å²) in [4.78, 5) is 16.3. The van der Waals surface area contributed by atoms with Crippen molar-refractivity contribution in [1.29, 1.82) is 0 Å². The maximum absolute atomic E-state index is 12.3. The molecular formula is C14H21N3O. The SMILES string of the molecule is Cc1cnccc1NC(=O)C1CCCCC1(C)N. The average Bonchev–Trinajstić information content (AvgIpc) is 2.31. The smallest absolute Gasteiger partial charge is 0.229 e. The summed E-state index contributed by atoms with van der Waals surface area (Å²) in [5.74, 6) is -0.0622. The van der Waals surface area contributed by atoms with Crippen LogP contribution in [-0.4, -0.2) is 16.4 Å². The van der Waals surface area contributed by atoms with Crippen LogP contribution in [0.1, 0.15) is 38.2 Å². The molecule has 0 aliphatic heterocycles. The van der Waals surface area contributed by atoms with Gasteiger partial charge in [0.25, 0.3) is 0 Å². The van der Waals surface area contributed by atoms with Crippen LogP contribution in [0.4, 0.5) is 5.69 Å². The van der Waals surface area contributed by atoms with Gasteiger partial charge in [0.05, 0.1) is 5.92 Å². The molecular weight excluding hydrogens is 226 g/mol. The van der Waals surface area contributed by atoms with E-state index in [0.29, 0.717) is 0 Å². The molecule has 1 heterocycles. The van der Waals surface area contributed by atoms with Crippen LogP contribution in [0.2, 0.25) is 0 Å². The van der Waals surface area contributed by atoms with Crippen LogP contribution >= 0.6 is 0 Å². The van der Waals surface area contributed by atoms with Crippen LogP contribution < -0.4 is 11.1 Å². The fourth-order valence-electron chi connectivity index (χ4n) is 2.62. The molecule has 1 amide bonds. The number of anilines is 1. The molecule has 98 valence electrons. The highest BCUT2D eigenvalue weighted by Gasteiger charge is 2.37. The number of carbonyl (C=O) groups is 1. The van der Waals surface area contributed by atoms with Crippen molar-refractivity contribution in [3.05, 3.63) is 24.0 Å². The van der Waals surface area contributed by atoms with Crippen molar-refractivity contribution >= 4 is 11.6 Å². The van der Waals surface area contributed by atoms with Crippen molar-refractivity contribution in [1.82, 2.24) is 4.98 Å². The Kier molecular flexibility index (Phi) is 3.66. The number of pyridine rings is 1. The highest BCUT2D eigenvalue weighted by Crippen LogP contribution is 2.32. The topological polar surface area (TPSA) is 68.0 Å². The maximum atomic E-state index is 12.3. The Labute approximate surface area is 108 Å². The van der Waals surface area contributed by atoms with Gasteiger partial charge < -0.3 is 11.1 Å². The number of hydrogen-bond donors (Lipinski definition) is 2. The van der Waals surface area contributed by atoms with Crippen molar-refractivity contribution in [2.45, 2.75) is 45.1 Å². The number of nitrogens with zero attached hydrogens (tertiary/aromatic N) is 1. The van der Waals surface area contributed by atoms with E-state index < -0.39 is 0 Å². The number of nitrogens with one attached hydrogen (secondary N) is 1. The van der Waals surface area contributed by atoms with E-state index >= 15 is 0 Å². The van der Waals surface area contributed by atoms with Gasteiger partial charge in [-0.1, -0.05) is 12.8 Å². The summed E-state index contributed by atoms with van der Waals surface area (Å²) in [6.45, 7) is 3.92. The first kappa shape index (κ1) is 13.0. The molecule has 2 rings (SSSR count). The number of aryl methyl sites for hydroxylation is 1. The zero-order valence-corrected chi connectivity index (χ0v) is 11.1. The summed E-state index contributed by atoms with van der Waals surface area (Å²) >= 11 is 0. The standard InChI is InChI=1S/C14H21N3O/c1-10-9-16-8-6-12(10)17-13(18)11-5-3-4-7-14(11,2)15/h6,8-9,11H,3-5,7,15H2,1-2H3,(H,16,17,18). The lowest BCUT2D eigenvalue weighted by Crippen LogP contribution is -2.51. The van der Waals surface area contributed by atoms with Gasteiger partial charge in [-0.15, -0.1) is 0 Å². The third kappa shape index (κ3) is 2.70. The quantitative estimate of drug-likeness (QED) is 0.842. The monoisotopic (exact) mass is 247 g/mol. The van der Waals surface area contributed by atoms with Gasteiger partial charge in [-0.3, -0.25) is 9.78 Å². The Morgan fingerprint density at radius 1 is 1.56 bits per heavy atom. The van der Waals surface area contributed by atoms with E-state index in [-0.39, 0.29) is 17.4 Å². The lowest BCUT2D eigenvalue weighted by molar-refractivity contribution is -0.122. The minimum absolute atomic E-state index is 0.0361. The molecule has 1 aliphatic rings. The Morgan fingerprint density at radius 3 is 3.00 bits per heavy atom. The summed E-state index contributed by atoms with van der Waals surface area (Å²) in [7, 11) is 0. The van der Waals surface area contributed by atoms with E-state index in [1.165, 1.54) is 0 Å². The van der Waals surface area contributed by atoms with Crippen molar-refractivity contribution in [3.8, 4) is 0 Å². The molecule has 4 nitrogen and oxygen atoms in total. The first-order valence-corrected chi connectivity index (χ1v) is 6.51. The Bertz CT molecular complexity index is 442. The van der Waals surface area contributed by atoms with E-state index in [4.69, 9.17) is 5.73 Å². The lowest BCUT2D eigenvalue weighted by atomic mass is 9.74. The second-order valence-corrected chi connectivity index (χ2v) is 5.48. The summed E-state index contributed by atoms with van der Waals surface area (Å²) in [6.07, 6.45) is 7.43. The molecule has 1 aromatic heterocycles. The van der Waals surface area contributed by atoms with Crippen LogP contribution in [0.15, 0.2) is 18.5 Å². The van der Waals surface area contributed by atoms with Gasteiger partial charge in [0.2, 0.25) is 5.91 Å². The van der Waals surface area contributed by atoms with Crippen molar-refractivity contribution < 1.29 is 4.79 Å². The molecule has 1 fully saturated rings. The van der Waals surface area contributed by atoms with Gasteiger partial charge in [-0.2, -0.15) is 0 Å². The number of amides is 1. The van der Waals surface area contributed by atoms with E-state index in [1.807, 2.05) is 19.9 Å². The van der Waals surface area contributed by atoms with Crippen molar-refractivity contribution in [2.24, 2.45) is 11.7 Å². The predicted octanol–water partition coefficient (Wildman–Crippen LogP) is 2.24. The number of rotatable bonds is 2. The first-order chi connectivity index (χ1) is 8.50. The Morgan fingerprint density at radius 2 is 2.33 bits per heavy atom. The summed E-state index contributed by atoms with van der Waals surface area (Å²) in [6, 6.07) is 1.82. The third-order valence-electron chi connectivity index (χ3n) is 3.85. The second kappa shape index (κ2) is 5.06. The maximum Gasteiger partial charge on any atom is 0.229 e. The molecule has 1 aromatic rings. The van der Waals surface area contributed by atoms with Gasteiger partial charge >= 0.3 is 0 Å². The Hall–Kier alpha value is -1.42. The lowest BCUT2D eigenvalue weighted by Gasteiger charge is -2.37. The van der Waals surface area contributed by atoms with E-state index in [9.17, 15) is 4.79 Å². The van der Waals surface area contributed by atoms with Gasteiger partial charge in [0, 0.05) is 23.6 Å². The summed E-state index contributed by atoms with van der Waals surface area (Å²) < 4.78 is 0. The second-order valence-electron chi connectivity index (χ2n) is 5.48. The number of carbonyl (C=O) groups excluding carboxylic acids is 1. The van der Waals surface area contributed by atoms with Gasteiger partial charge in [0.1, 0.15) is 0 Å². The normalized spacial score (nSPS) is 27.8. The number of aromatic nitrogens is 1. The van der Waals surface area contributed by atoms with Gasteiger partial charge in [-0.05, 0) is 38.3 Å². The highest BCUT2D eigenvalue weighted by atomic mass is 16.1. The van der Waals surface area contributed by atoms with Crippen molar-refractivity contribution in [2.75, 3.05) is 5.32 Å². The molecule has 2 atom stereocenters. The summed E-state index contributed by atoms with van der Waals surface area (Å²) in [5.41, 5.74) is 7.66. The molecule has 0 bridgehead atoms. The fraction of sp³-hybridized carbons (Fsp3) is 0.571. The van der Waals surface area contributed by atoms with Crippen molar-refractivity contribution in [3.63, 3.8) is 0 Å². The van der Waals surface area contributed by atoms with E-state index in [2.05, 4.69) is 10.3 Å². The number of nitrogens with two attached hydrogens (primary N) is 1. The molecule has 2 unspecified atom stereocenters. The van der Waals surface area contributed by atoms with E-state index in [0.717, 1.165) is 36.9 Å². The van der Waals surface area contributed by atoms with Crippen LogP contribution in [-0.2, 0) is 4.79 Å². The predicted molar refractivity (Wildman–Crippen MR) is 72.2 cm³/mol. The van der Waals surface area contributed by atoms with Crippen LogP contribution in [0, 0.1) is 12.8 Å². The Balaban J connectivity index is 2.10. The molecule has 1 aliphatic carbocycles. The van der Waals surface area contributed by atoms with Crippen LogP contribution in [0.3, 0.4) is 0 Å². The molecule has 0 aromatic carbocycles. The molecule has 0 spiro atoms. The largest absolute Gasteiger partial charge is 0.325 e. The molecule has 0 saturated heterocycles. The average molecular weight is 247 g/mol. The fourth-order valence-corrected chi connectivity index (χ4v) is 2.62. The molecule has 0 radical (unpaired) electrons. The van der Waals surface area contributed by atoms with Crippen LogP contribution in [0.25, 0.3) is 0 Å². The molecule has 18 heavy (non-hydrogen) atoms. The minimum Gasteiger partial charge on any atom is -0.325 e. The third-order valence-corrected chi connectivity index (χ3v) is 3.85. The van der Waals surface area contributed by atoms with Gasteiger partial charge in [0.15, 0.2) is 0 Å². The number of hydrogen-bond acceptors (Lipinski definition) is 3. The van der Waals surface area contributed by atoms with Gasteiger partial charge in [-0.25, -0.2) is 0 Å². The first-order valence-electron chi connectivity index (χ1n) is 6.51.